The molecule has 4 atom stereocenters. The Morgan fingerprint density at radius 3 is 2.32 bits per heavy atom. The molecule has 0 aliphatic heterocycles. The Morgan fingerprint density at radius 2 is 1.57 bits per heavy atom. The van der Waals surface area contributed by atoms with Crippen molar-refractivity contribution in [1.82, 2.24) is 0 Å². The zero-order chi connectivity index (χ0) is 16.6. The number of benzene rings is 2. The van der Waals surface area contributed by atoms with Crippen LogP contribution < -0.4 is 20.0 Å². The van der Waals surface area contributed by atoms with Crippen molar-refractivity contribution in [3.05, 3.63) is 97.5 Å². The Morgan fingerprint density at radius 1 is 0.857 bits per heavy atom. The first-order chi connectivity index (χ1) is 12.4. The van der Waals surface area contributed by atoms with E-state index in [1.165, 1.54) is 27.8 Å². The van der Waals surface area contributed by atoms with E-state index in [0.717, 1.165) is 0 Å². The van der Waals surface area contributed by atoms with E-state index in [1.54, 1.807) is 0 Å². The molecular formula is C24H21F2HfP. The molecular weight excluding hydrogens is 536 g/mol. The zero-order valence-corrected chi connectivity index (χ0v) is 19.9. The second-order valence-corrected chi connectivity index (χ2v) is 9.49. The number of halogens is 2. The second kappa shape index (κ2) is 9.94. The summed E-state index contributed by atoms with van der Waals surface area (Å²) in [6.07, 6.45) is 13.1. The summed E-state index contributed by atoms with van der Waals surface area (Å²) in [7, 11) is -0.359. The summed E-state index contributed by atoms with van der Waals surface area (Å²) in [5.41, 5.74) is 0.650. The van der Waals surface area contributed by atoms with Gasteiger partial charge in [-0.3, -0.25) is 0 Å². The number of allylic oxidation sites excluding steroid dienone is 4. The normalized spacial score (nSPS) is 23.2. The maximum Gasteiger partial charge on any atom is 4.00 e. The van der Waals surface area contributed by atoms with Crippen molar-refractivity contribution in [3.8, 4) is 0 Å². The van der Waals surface area contributed by atoms with E-state index in [-0.39, 0.29) is 43.2 Å². The van der Waals surface area contributed by atoms with E-state index >= 15 is 0 Å². The summed E-state index contributed by atoms with van der Waals surface area (Å²) < 4.78 is 0. The van der Waals surface area contributed by atoms with Crippen LogP contribution in [-0.4, -0.2) is 5.66 Å². The molecule has 5 rings (SSSR count). The maximum absolute atomic E-state index is 2.63. The van der Waals surface area contributed by atoms with Gasteiger partial charge >= 0.3 is 25.8 Å². The van der Waals surface area contributed by atoms with Gasteiger partial charge in [0.15, 0.2) is 0 Å². The van der Waals surface area contributed by atoms with Crippen molar-refractivity contribution >= 4 is 29.3 Å². The predicted molar refractivity (Wildman–Crippen MR) is 110 cm³/mol. The van der Waals surface area contributed by atoms with E-state index in [1.807, 2.05) is 0 Å². The monoisotopic (exact) mass is 558 g/mol. The van der Waals surface area contributed by atoms with Crippen LogP contribution in [-0.2, 0) is 25.8 Å². The summed E-state index contributed by atoms with van der Waals surface area (Å²) in [6, 6.07) is 24.8. The average Bonchev–Trinajstić information content (AvgIpc) is 3.26. The molecule has 4 unspecified atom stereocenters. The molecule has 0 N–H and O–H groups in total. The Bertz CT molecular complexity index is 894. The van der Waals surface area contributed by atoms with Crippen LogP contribution in [0.25, 0.3) is 10.8 Å². The van der Waals surface area contributed by atoms with Gasteiger partial charge in [0.2, 0.25) is 0 Å². The molecule has 3 aromatic rings. The Kier molecular flexibility index (Phi) is 8.16. The van der Waals surface area contributed by atoms with Crippen LogP contribution in [0.1, 0.15) is 6.42 Å². The zero-order valence-electron chi connectivity index (χ0n) is 15.4. The Labute approximate surface area is 185 Å². The number of fused-ring (bicyclic) bond motifs is 2. The van der Waals surface area contributed by atoms with Crippen molar-refractivity contribution in [2.45, 2.75) is 12.1 Å². The van der Waals surface area contributed by atoms with Gasteiger partial charge in [0.1, 0.15) is 0 Å². The van der Waals surface area contributed by atoms with E-state index in [4.69, 9.17) is 0 Å². The predicted octanol–water partition coefficient (Wildman–Crippen LogP) is -0.668. The molecule has 0 radical (unpaired) electrons. The van der Waals surface area contributed by atoms with Gasteiger partial charge in [0, 0.05) is 0 Å². The minimum atomic E-state index is -0.359. The van der Waals surface area contributed by atoms with Gasteiger partial charge in [-0.1, -0.05) is 69.0 Å². The number of rotatable bonds is 3. The van der Waals surface area contributed by atoms with Crippen molar-refractivity contribution < 1.29 is 35.3 Å². The maximum atomic E-state index is 2.63. The summed E-state index contributed by atoms with van der Waals surface area (Å²) >= 11 is 0. The van der Waals surface area contributed by atoms with Gasteiger partial charge in [-0.25, -0.2) is 0 Å². The van der Waals surface area contributed by atoms with Crippen LogP contribution in [0.15, 0.2) is 91.0 Å². The number of hydrogen-bond acceptors (Lipinski definition) is 0. The Balaban J connectivity index is 0.000000934. The SMILES string of the molecule is C1=CC2[CH-]C(P(c3ccccc3)c3cc4ccccc4[cH-]3)CC2C=C1.[F-].[F-].[Hf+4]. The fourth-order valence-corrected chi connectivity index (χ4v) is 7.25. The third-order valence-corrected chi connectivity index (χ3v) is 8.22. The first-order valence-corrected chi connectivity index (χ1v) is 10.5. The van der Waals surface area contributed by atoms with E-state index in [0.29, 0.717) is 17.5 Å². The van der Waals surface area contributed by atoms with Gasteiger partial charge < -0.3 is 15.8 Å². The molecule has 140 valence electrons. The van der Waals surface area contributed by atoms with Crippen LogP contribution in [0.4, 0.5) is 0 Å². The van der Waals surface area contributed by atoms with Crippen molar-refractivity contribution in [2.24, 2.45) is 11.8 Å². The van der Waals surface area contributed by atoms with Crippen molar-refractivity contribution in [2.75, 3.05) is 0 Å². The molecule has 0 saturated heterocycles. The number of hydrogen-bond donors (Lipinski definition) is 0. The quantitative estimate of drug-likeness (QED) is 0.228. The van der Waals surface area contributed by atoms with Gasteiger partial charge in [0.25, 0.3) is 0 Å². The molecule has 0 aromatic heterocycles. The van der Waals surface area contributed by atoms with E-state index in [9.17, 15) is 0 Å². The first-order valence-electron chi connectivity index (χ1n) is 9.08. The molecule has 4 heteroatoms. The van der Waals surface area contributed by atoms with Gasteiger partial charge in [0.05, 0.1) is 0 Å². The molecule has 1 saturated carbocycles. The average molecular weight is 557 g/mol. The fraction of sp³-hybridized carbons (Fsp3) is 0.167. The van der Waals surface area contributed by atoms with Crippen LogP contribution in [0.2, 0.25) is 0 Å². The molecule has 1 fully saturated rings. The second-order valence-electron chi connectivity index (χ2n) is 7.05. The molecule has 0 amide bonds. The molecule has 2 aliphatic carbocycles. The minimum absolute atomic E-state index is 0. The van der Waals surface area contributed by atoms with Gasteiger partial charge in [-0.15, -0.1) is 58.0 Å². The molecule has 0 nitrogen and oxygen atoms in total. The van der Waals surface area contributed by atoms with Crippen molar-refractivity contribution in [1.29, 1.82) is 0 Å². The Hall–Kier alpha value is -1.31. The molecule has 0 bridgehead atoms. The minimum Gasteiger partial charge on any atom is -1.00 e. The largest absolute Gasteiger partial charge is 4.00 e. The summed E-state index contributed by atoms with van der Waals surface area (Å²) in [6.45, 7) is 0. The van der Waals surface area contributed by atoms with Crippen LogP contribution in [0.3, 0.4) is 0 Å². The van der Waals surface area contributed by atoms with Crippen LogP contribution in [0.5, 0.6) is 0 Å². The van der Waals surface area contributed by atoms with Gasteiger partial charge in [-0.2, -0.15) is 6.07 Å². The standard InChI is InChI=1S/C24H21P.2FH.Hf/c1-2-12-22(13-3-1)25(23-14-18-8-4-5-9-19(18)15-23)24-16-20-10-6-7-11-21(20)17-24;;;/h1-16,20-21,24H,17H2;2*1H;/q-2;;;+4/p-2. The fourth-order valence-electron chi connectivity index (χ4n) is 4.31. The third-order valence-electron chi connectivity index (χ3n) is 5.50. The molecule has 3 aromatic carbocycles. The first kappa shape index (κ1) is 23.0. The molecule has 0 heterocycles. The molecule has 28 heavy (non-hydrogen) atoms. The third kappa shape index (κ3) is 4.31. The van der Waals surface area contributed by atoms with E-state index in [2.05, 4.69) is 97.5 Å². The van der Waals surface area contributed by atoms with Crippen LogP contribution >= 0.6 is 7.92 Å². The summed E-state index contributed by atoms with van der Waals surface area (Å²) in [4.78, 5) is 0. The topological polar surface area (TPSA) is 0 Å². The van der Waals surface area contributed by atoms with E-state index < -0.39 is 0 Å². The summed E-state index contributed by atoms with van der Waals surface area (Å²) in [5.74, 6) is 1.31. The summed E-state index contributed by atoms with van der Waals surface area (Å²) in [5, 5.41) is 5.77. The smallest absolute Gasteiger partial charge is 1.00 e. The van der Waals surface area contributed by atoms with Crippen LogP contribution in [0, 0.1) is 18.3 Å². The van der Waals surface area contributed by atoms with Crippen molar-refractivity contribution in [3.63, 3.8) is 0 Å². The van der Waals surface area contributed by atoms with Gasteiger partial charge in [-0.05, 0) is 11.2 Å². The molecule has 0 spiro atoms. The molecule has 2 aliphatic rings.